The van der Waals surface area contributed by atoms with Gasteiger partial charge in [-0.15, -0.1) is 10.2 Å². The third-order valence-corrected chi connectivity index (χ3v) is 3.92. The van der Waals surface area contributed by atoms with Gasteiger partial charge in [0, 0.05) is 11.1 Å². The molecule has 0 radical (unpaired) electrons. The van der Waals surface area contributed by atoms with Crippen molar-refractivity contribution in [2.45, 2.75) is 52.4 Å². The summed E-state index contributed by atoms with van der Waals surface area (Å²) < 4.78 is 2.23. The minimum Gasteiger partial charge on any atom is -0.305 e. The average Bonchev–Trinajstić information content (AvgIpc) is 2.70. The lowest BCUT2D eigenvalue weighted by molar-refractivity contribution is 0.390. The minimum atomic E-state index is -0.0499. The average molecular weight is 336 g/mol. The lowest BCUT2D eigenvalue weighted by Gasteiger charge is -2.25. The molecule has 20 heavy (non-hydrogen) atoms. The molecule has 0 spiro atoms. The van der Waals surface area contributed by atoms with Crippen LogP contribution in [0.2, 0.25) is 0 Å². The van der Waals surface area contributed by atoms with Gasteiger partial charge in [-0.2, -0.15) is 0 Å². The van der Waals surface area contributed by atoms with Crippen LogP contribution in [0.15, 0.2) is 12.1 Å². The van der Waals surface area contributed by atoms with E-state index < -0.39 is 0 Å². The molecule has 0 aliphatic rings. The first-order valence-corrected chi connectivity index (χ1v) is 7.97. The van der Waals surface area contributed by atoms with Crippen LogP contribution < -0.4 is 0 Å². The van der Waals surface area contributed by atoms with Crippen LogP contribution in [0.4, 0.5) is 0 Å². The highest BCUT2D eigenvalue weighted by atomic mass is 79.9. The van der Waals surface area contributed by atoms with Crippen LogP contribution in [-0.4, -0.2) is 14.8 Å². The summed E-state index contributed by atoms with van der Waals surface area (Å²) >= 11 is 3.51. The van der Waals surface area contributed by atoms with Crippen molar-refractivity contribution in [2.75, 3.05) is 0 Å². The van der Waals surface area contributed by atoms with Crippen LogP contribution in [0.5, 0.6) is 0 Å². The lowest BCUT2D eigenvalue weighted by Crippen LogP contribution is -2.25. The van der Waals surface area contributed by atoms with E-state index in [9.17, 15) is 0 Å². The number of aromatic nitrogens is 3. The summed E-state index contributed by atoms with van der Waals surface area (Å²) in [6, 6.07) is 4.41. The summed E-state index contributed by atoms with van der Waals surface area (Å²) in [4.78, 5) is 0. The van der Waals surface area contributed by atoms with Crippen LogP contribution in [0.1, 0.15) is 43.3 Å². The van der Waals surface area contributed by atoms with E-state index in [-0.39, 0.29) is 5.54 Å². The van der Waals surface area contributed by atoms with Gasteiger partial charge in [-0.25, -0.2) is 0 Å². The van der Waals surface area contributed by atoms with Gasteiger partial charge in [-0.3, -0.25) is 0 Å². The van der Waals surface area contributed by atoms with Crippen LogP contribution >= 0.6 is 15.9 Å². The number of nitrogens with zero attached hydrogens (tertiary/aromatic N) is 3. The first-order chi connectivity index (χ1) is 9.25. The monoisotopic (exact) mass is 335 g/mol. The Kier molecular flexibility index (Phi) is 4.05. The number of rotatable bonds is 2. The van der Waals surface area contributed by atoms with Crippen molar-refractivity contribution in [3.63, 3.8) is 0 Å². The summed E-state index contributed by atoms with van der Waals surface area (Å²) in [7, 11) is 0. The van der Waals surface area contributed by atoms with E-state index in [0.717, 1.165) is 11.6 Å². The van der Waals surface area contributed by atoms with Crippen LogP contribution in [0.25, 0.3) is 11.4 Å². The third-order valence-electron chi connectivity index (χ3n) is 3.42. The largest absolute Gasteiger partial charge is 0.305 e. The number of benzene rings is 1. The van der Waals surface area contributed by atoms with Gasteiger partial charge < -0.3 is 4.57 Å². The number of hydrogen-bond acceptors (Lipinski definition) is 2. The molecule has 0 N–H and O–H groups in total. The highest BCUT2D eigenvalue weighted by Gasteiger charge is 2.25. The molecule has 0 atom stereocenters. The Morgan fingerprint density at radius 1 is 1.05 bits per heavy atom. The van der Waals surface area contributed by atoms with E-state index in [0.29, 0.717) is 5.33 Å². The van der Waals surface area contributed by atoms with Crippen molar-refractivity contribution >= 4 is 15.9 Å². The second-order valence-corrected chi connectivity index (χ2v) is 6.91. The number of hydrogen-bond donors (Lipinski definition) is 0. The summed E-state index contributed by atoms with van der Waals surface area (Å²) in [6.45, 7) is 13.0. The highest BCUT2D eigenvalue weighted by Crippen LogP contribution is 2.31. The number of alkyl halides is 1. The van der Waals surface area contributed by atoms with E-state index >= 15 is 0 Å². The van der Waals surface area contributed by atoms with Gasteiger partial charge in [0.05, 0.1) is 5.33 Å². The molecule has 1 aromatic carbocycles. The van der Waals surface area contributed by atoms with E-state index in [1.165, 1.54) is 22.3 Å². The van der Waals surface area contributed by atoms with Crippen LogP contribution in [0.3, 0.4) is 0 Å². The van der Waals surface area contributed by atoms with E-state index in [2.05, 4.69) is 84.4 Å². The Labute approximate surface area is 129 Å². The molecule has 1 aromatic heterocycles. The molecular weight excluding hydrogens is 314 g/mol. The summed E-state index contributed by atoms with van der Waals surface area (Å²) in [6.07, 6.45) is 0. The molecule has 0 aliphatic heterocycles. The summed E-state index contributed by atoms with van der Waals surface area (Å²) in [5.74, 6) is 1.92. The van der Waals surface area contributed by atoms with Gasteiger partial charge >= 0.3 is 0 Å². The van der Waals surface area contributed by atoms with Gasteiger partial charge in [-0.1, -0.05) is 33.6 Å². The van der Waals surface area contributed by atoms with Crippen LogP contribution in [-0.2, 0) is 10.9 Å². The lowest BCUT2D eigenvalue weighted by atomic mass is 9.98. The van der Waals surface area contributed by atoms with Crippen LogP contribution in [0, 0.1) is 20.8 Å². The van der Waals surface area contributed by atoms with Crippen molar-refractivity contribution in [3.05, 3.63) is 34.6 Å². The fourth-order valence-corrected chi connectivity index (χ4v) is 3.17. The number of halogens is 1. The Balaban J connectivity index is 2.75. The smallest absolute Gasteiger partial charge is 0.165 e. The normalized spacial score (nSPS) is 11.9. The fraction of sp³-hybridized carbons (Fsp3) is 0.500. The molecule has 0 bridgehead atoms. The Bertz CT molecular complexity index is 613. The quantitative estimate of drug-likeness (QED) is 0.755. The maximum Gasteiger partial charge on any atom is 0.165 e. The van der Waals surface area contributed by atoms with Crippen molar-refractivity contribution in [2.24, 2.45) is 0 Å². The molecule has 0 aliphatic carbocycles. The molecule has 0 unspecified atom stereocenters. The predicted molar refractivity (Wildman–Crippen MR) is 87.3 cm³/mol. The van der Waals surface area contributed by atoms with E-state index in [4.69, 9.17) is 0 Å². The SMILES string of the molecule is Cc1cc(C)c(-c2nnc(CBr)n2C(C)(C)C)c(C)c1. The minimum absolute atomic E-state index is 0.0499. The van der Waals surface area contributed by atoms with Crippen molar-refractivity contribution < 1.29 is 0 Å². The fourth-order valence-electron chi connectivity index (χ4n) is 2.80. The Morgan fingerprint density at radius 2 is 1.60 bits per heavy atom. The molecular formula is C16H22BrN3. The zero-order chi connectivity index (χ0) is 15.1. The van der Waals surface area contributed by atoms with Gasteiger partial charge in [0.1, 0.15) is 5.82 Å². The predicted octanol–water partition coefficient (Wildman–Crippen LogP) is 4.52. The molecule has 0 fully saturated rings. The molecule has 1 heterocycles. The maximum absolute atomic E-state index is 4.46. The Hall–Kier alpha value is -1.16. The second kappa shape index (κ2) is 5.32. The zero-order valence-electron chi connectivity index (χ0n) is 13.1. The standard InChI is InChI=1S/C16H22BrN3/c1-10-7-11(2)14(12(3)8-10)15-19-18-13(9-17)20(15)16(4,5)6/h7-8H,9H2,1-6H3. The number of aryl methyl sites for hydroxylation is 3. The van der Waals surface area contributed by atoms with Crippen molar-refractivity contribution in [1.29, 1.82) is 0 Å². The van der Waals surface area contributed by atoms with E-state index in [1.54, 1.807) is 0 Å². The molecule has 0 saturated carbocycles. The third kappa shape index (κ3) is 2.66. The second-order valence-electron chi connectivity index (χ2n) is 6.35. The van der Waals surface area contributed by atoms with Gasteiger partial charge in [0.25, 0.3) is 0 Å². The van der Waals surface area contributed by atoms with Crippen molar-refractivity contribution in [1.82, 2.24) is 14.8 Å². The molecule has 0 amide bonds. The summed E-state index contributed by atoms with van der Waals surface area (Å²) in [5, 5.41) is 9.52. The van der Waals surface area contributed by atoms with Crippen molar-refractivity contribution in [3.8, 4) is 11.4 Å². The van der Waals surface area contributed by atoms with Gasteiger partial charge in [0.2, 0.25) is 0 Å². The van der Waals surface area contributed by atoms with Gasteiger partial charge in [0.15, 0.2) is 5.82 Å². The molecule has 0 saturated heterocycles. The molecule has 4 heteroatoms. The topological polar surface area (TPSA) is 30.7 Å². The maximum atomic E-state index is 4.46. The first kappa shape index (κ1) is 15.2. The highest BCUT2D eigenvalue weighted by molar-refractivity contribution is 9.08. The van der Waals surface area contributed by atoms with E-state index in [1.807, 2.05) is 0 Å². The molecule has 3 nitrogen and oxygen atoms in total. The Morgan fingerprint density at radius 3 is 2.05 bits per heavy atom. The first-order valence-electron chi connectivity index (χ1n) is 6.84. The zero-order valence-corrected chi connectivity index (χ0v) is 14.7. The molecule has 2 rings (SSSR count). The molecule has 2 aromatic rings. The van der Waals surface area contributed by atoms with Gasteiger partial charge in [-0.05, 0) is 52.7 Å². The summed E-state index contributed by atoms with van der Waals surface area (Å²) in [5.41, 5.74) is 4.94. The molecule has 108 valence electrons.